The van der Waals surface area contributed by atoms with Crippen molar-refractivity contribution in [3.8, 4) is 0 Å². The van der Waals surface area contributed by atoms with Gasteiger partial charge in [-0.15, -0.1) is 0 Å². The van der Waals surface area contributed by atoms with Crippen LogP contribution in [0.2, 0.25) is 5.15 Å². The molecule has 0 amide bonds. The van der Waals surface area contributed by atoms with Crippen LogP contribution in [-0.4, -0.2) is 14.4 Å². The number of halogens is 1. The lowest BCUT2D eigenvalue weighted by molar-refractivity contribution is 1.07. The molecule has 0 bridgehead atoms. The van der Waals surface area contributed by atoms with Crippen LogP contribution in [-0.2, 0) is 0 Å². The van der Waals surface area contributed by atoms with Crippen LogP contribution in [0.25, 0.3) is 5.78 Å². The molecule has 2 aromatic heterocycles. The van der Waals surface area contributed by atoms with E-state index in [4.69, 9.17) is 11.6 Å². The summed E-state index contributed by atoms with van der Waals surface area (Å²) in [4.78, 5) is 8.17. The number of aromatic nitrogens is 3. The largest absolute Gasteiger partial charge is 0.274 e. The molecule has 0 saturated carbocycles. The molecule has 0 aliphatic rings. The molecule has 2 aromatic rings. The predicted molar refractivity (Wildman–Crippen MR) is 42.7 cm³/mol. The van der Waals surface area contributed by atoms with Crippen molar-refractivity contribution in [2.24, 2.45) is 0 Å². The van der Waals surface area contributed by atoms with Crippen molar-refractivity contribution in [1.82, 2.24) is 14.4 Å². The second-order valence-corrected chi connectivity index (χ2v) is 2.70. The van der Waals surface area contributed by atoms with Crippen molar-refractivity contribution in [2.75, 3.05) is 0 Å². The fourth-order valence-electron chi connectivity index (χ4n) is 0.977. The summed E-state index contributed by atoms with van der Waals surface area (Å²) >= 11 is 5.89. The highest BCUT2D eigenvalue weighted by atomic mass is 35.5. The third kappa shape index (κ3) is 0.973. The smallest absolute Gasteiger partial charge is 0.235 e. The van der Waals surface area contributed by atoms with E-state index >= 15 is 0 Å². The second-order valence-electron chi connectivity index (χ2n) is 2.32. The van der Waals surface area contributed by atoms with Gasteiger partial charge in [0.2, 0.25) is 5.78 Å². The van der Waals surface area contributed by atoms with E-state index in [2.05, 4.69) is 9.97 Å². The average Bonchev–Trinajstić information content (AvgIpc) is 2.34. The van der Waals surface area contributed by atoms with Crippen LogP contribution in [0, 0.1) is 6.92 Å². The van der Waals surface area contributed by atoms with Crippen molar-refractivity contribution in [1.29, 1.82) is 0 Å². The average molecular weight is 168 g/mol. The molecule has 0 radical (unpaired) electrons. The van der Waals surface area contributed by atoms with Crippen molar-refractivity contribution < 1.29 is 0 Å². The maximum Gasteiger partial charge on any atom is 0.235 e. The zero-order valence-corrected chi connectivity index (χ0v) is 6.71. The summed E-state index contributed by atoms with van der Waals surface area (Å²) in [6.07, 6.45) is 3.46. The molecule has 0 spiro atoms. The molecule has 4 heteroatoms. The first-order valence-electron chi connectivity index (χ1n) is 3.23. The molecule has 0 unspecified atom stereocenters. The second kappa shape index (κ2) is 2.20. The Morgan fingerprint density at radius 1 is 1.55 bits per heavy atom. The Balaban J connectivity index is 2.91. The third-order valence-corrected chi connectivity index (χ3v) is 1.75. The lowest BCUT2D eigenvalue weighted by atomic mass is 10.5. The molecule has 0 fully saturated rings. The van der Waals surface area contributed by atoms with Gasteiger partial charge in [0, 0.05) is 18.1 Å². The quantitative estimate of drug-likeness (QED) is 0.559. The predicted octanol–water partition coefficient (Wildman–Crippen LogP) is 1.69. The number of hydrogen-bond acceptors (Lipinski definition) is 2. The van der Waals surface area contributed by atoms with Gasteiger partial charge in [0.05, 0.1) is 0 Å². The molecule has 0 aliphatic carbocycles. The number of imidazole rings is 1. The molecule has 0 aromatic carbocycles. The van der Waals surface area contributed by atoms with E-state index < -0.39 is 0 Å². The number of rotatable bonds is 0. The summed E-state index contributed by atoms with van der Waals surface area (Å²) in [6.45, 7) is 1.89. The fourth-order valence-corrected chi connectivity index (χ4v) is 1.27. The van der Waals surface area contributed by atoms with Crippen LogP contribution < -0.4 is 0 Å². The number of nitrogens with zero attached hydrogens (tertiary/aromatic N) is 3. The lowest BCUT2D eigenvalue weighted by Crippen LogP contribution is -1.91. The van der Waals surface area contributed by atoms with E-state index in [-0.39, 0.29) is 0 Å². The molecule has 0 saturated heterocycles. The summed E-state index contributed by atoms with van der Waals surface area (Å²) in [5, 5.41) is 0.644. The van der Waals surface area contributed by atoms with Crippen molar-refractivity contribution in [2.45, 2.75) is 6.92 Å². The van der Waals surface area contributed by atoms with Crippen LogP contribution in [0.4, 0.5) is 0 Å². The summed E-state index contributed by atoms with van der Waals surface area (Å²) in [5.74, 6) is 0.648. The topological polar surface area (TPSA) is 30.2 Å². The first-order valence-corrected chi connectivity index (χ1v) is 3.61. The third-order valence-electron chi connectivity index (χ3n) is 1.46. The van der Waals surface area contributed by atoms with E-state index in [1.54, 1.807) is 22.9 Å². The Morgan fingerprint density at radius 3 is 3.18 bits per heavy atom. The first kappa shape index (κ1) is 6.61. The van der Waals surface area contributed by atoms with Crippen LogP contribution in [0.5, 0.6) is 0 Å². The first-order chi connectivity index (χ1) is 5.27. The normalized spacial score (nSPS) is 10.7. The van der Waals surface area contributed by atoms with Gasteiger partial charge in [-0.1, -0.05) is 11.6 Å². The fraction of sp³-hybridized carbons (Fsp3) is 0.143. The van der Waals surface area contributed by atoms with Gasteiger partial charge < -0.3 is 0 Å². The van der Waals surface area contributed by atoms with Crippen molar-refractivity contribution >= 4 is 17.4 Å². The van der Waals surface area contributed by atoms with E-state index in [1.807, 2.05) is 6.92 Å². The molecular formula is C7H6ClN3. The summed E-state index contributed by atoms with van der Waals surface area (Å²) in [5.41, 5.74) is 0.883. The van der Waals surface area contributed by atoms with Gasteiger partial charge in [-0.2, -0.15) is 0 Å². The molecule has 2 rings (SSSR count). The van der Waals surface area contributed by atoms with Crippen LogP contribution in [0.1, 0.15) is 5.69 Å². The van der Waals surface area contributed by atoms with Gasteiger partial charge in [0.15, 0.2) is 0 Å². The van der Waals surface area contributed by atoms with Gasteiger partial charge in [-0.05, 0) is 13.0 Å². The summed E-state index contributed by atoms with van der Waals surface area (Å²) in [7, 11) is 0. The molecule has 11 heavy (non-hydrogen) atoms. The minimum Gasteiger partial charge on any atom is -0.274 e. The maximum atomic E-state index is 5.89. The Kier molecular flexibility index (Phi) is 1.32. The zero-order valence-electron chi connectivity index (χ0n) is 5.95. The van der Waals surface area contributed by atoms with Gasteiger partial charge in [-0.25, -0.2) is 9.97 Å². The van der Waals surface area contributed by atoms with Gasteiger partial charge in [-0.3, -0.25) is 4.40 Å². The van der Waals surface area contributed by atoms with E-state index in [0.29, 0.717) is 10.9 Å². The summed E-state index contributed by atoms with van der Waals surface area (Å²) < 4.78 is 1.73. The van der Waals surface area contributed by atoms with Gasteiger partial charge in [0.25, 0.3) is 0 Å². The van der Waals surface area contributed by atoms with E-state index in [0.717, 1.165) is 5.69 Å². The molecular weight excluding hydrogens is 162 g/mol. The lowest BCUT2D eigenvalue weighted by Gasteiger charge is -1.96. The van der Waals surface area contributed by atoms with Crippen LogP contribution >= 0.6 is 11.6 Å². The Bertz CT molecular complexity index is 393. The Labute approximate surface area is 68.7 Å². The number of aryl methyl sites for hydroxylation is 1. The van der Waals surface area contributed by atoms with Crippen LogP contribution in [0.15, 0.2) is 18.5 Å². The molecule has 3 nitrogen and oxygen atoms in total. The van der Waals surface area contributed by atoms with Crippen molar-refractivity contribution in [3.05, 3.63) is 29.3 Å². The van der Waals surface area contributed by atoms with Gasteiger partial charge in [0.1, 0.15) is 5.15 Å². The number of fused-ring (bicyclic) bond motifs is 1. The van der Waals surface area contributed by atoms with E-state index in [1.165, 1.54) is 0 Å². The highest BCUT2D eigenvalue weighted by Gasteiger charge is 1.99. The Hall–Kier alpha value is -1.09. The number of hydrogen-bond donors (Lipinski definition) is 0. The standard InChI is InChI=1S/C7H6ClN3/c1-5-4-6(8)11-3-2-9-7(11)10-5/h2-4H,1H3. The summed E-state index contributed by atoms with van der Waals surface area (Å²) in [6, 6.07) is 1.80. The molecule has 0 N–H and O–H groups in total. The SMILES string of the molecule is Cc1cc(Cl)n2ccnc2n1. The minimum atomic E-state index is 0.644. The molecule has 0 aliphatic heterocycles. The molecule has 56 valence electrons. The highest BCUT2D eigenvalue weighted by Crippen LogP contribution is 2.10. The van der Waals surface area contributed by atoms with Crippen molar-refractivity contribution in [3.63, 3.8) is 0 Å². The molecule has 0 atom stereocenters. The van der Waals surface area contributed by atoms with Gasteiger partial charge >= 0.3 is 0 Å². The van der Waals surface area contributed by atoms with Crippen LogP contribution in [0.3, 0.4) is 0 Å². The molecule has 2 heterocycles. The monoisotopic (exact) mass is 167 g/mol. The minimum absolute atomic E-state index is 0.644. The highest BCUT2D eigenvalue weighted by molar-refractivity contribution is 6.29. The maximum absolute atomic E-state index is 5.89. The van der Waals surface area contributed by atoms with E-state index in [9.17, 15) is 0 Å². The zero-order chi connectivity index (χ0) is 7.84. The Morgan fingerprint density at radius 2 is 2.36 bits per heavy atom.